The van der Waals surface area contributed by atoms with Crippen LogP contribution in [0.15, 0.2) is 0 Å². The largest absolute Gasteiger partial charge is 0.396 e. The van der Waals surface area contributed by atoms with E-state index in [4.69, 9.17) is 9.84 Å². The zero-order valence-corrected chi connectivity index (χ0v) is 10.2. The lowest BCUT2D eigenvalue weighted by atomic mass is 10.3. The summed E-state index contributed by atoms with van der Waals surface area (Å²) in [6.07, 6.45) is 1.72. The highest BCUT2D eigenvalue weighted by atomic mass is 32.2. The Morgan fingerprint density at radius 2 is 2.38 bits per heavy atom. The van der Waals surface area contributed by atoms with E-state index < -0.39 is 0 Å². The van der Waals surface area contributed by atoms with Crippen molar-refractivity contribution in [1.82, 2.24) is 10.6 Å². The van der Waals surface area contributed by atoms with Gasteiger partial charge in [0.2, 0.25) is 0 Å². The lowest BCUT2D eigenvalue weighted by Gasteiger charge is -2.11. The molecule has 0 aliphatic carbocycles. The molecule has 0 spiro atoms. The maximum Gasteiger partial charge on any atom is 0.315 e. The highest BCUT2D eigenvalue weighted by Crippen LogP contribution is 2.03. The van der Waals surface area contributed by atoms with Crippen molar-refractivity contribution in [3.05, 3.63) is 0 Å². The molecule has 0 aromatic carbocycles. The normalized spacial score (nSPS) is 19.7. The number of hydrogen-bond acceptors (Lipinski definition) is 4. The minimum absolute atomic E-state index is 0.113. The van der Waals surface area contributed by atoms with Gasteiger partial charge in [0, 0.05) is 25.5 Å². The van der Waals surface area contributed by atoms with Crippen molar-refractivity contribution >= 4 is 17.8 Å². The minimum Gasteiger partial charge on any atom is -0.396 e. The van der Waals surface area contributed by atoms with Crippen molar-refractivity contribution < 1.29 is 14.6 Å². The number of urea groups is 1. The molecule has 0 aromatic heterocycles. The van der Waals surface area contributed by atoms with E-state index in [9.17, 15) is 4.79 Å². The molecule has 1 atom stereocenters. The third-order valence-electron chi connectivity index (χ3n) is 2.24. The van der Waals surface area contributed by atoms with Crippen LogP contribution < -0.4 is 10.6 Å². The first-order valence-corrected chi connectivity index (χ1v) is 6.79. The maximum absolute atomic E-state index is 11.4. The van der Waals surface area contributed by atoms with Crippen LogP contribution in [0.1, 0.15) is 12.8 Å². The van der Waals surface area contributed by atoms with Gasteiger partial charge in [-0.2, -0.15) is 11.8 Å². The van der Waals surface area contributed by atoms with E-state index in [1.54, 1.807) is 11.8 Å². The molecule has 2 amide bonds. The summed E-state index contributed by atoms with van der Waals surface area (Å²) in [4.78, 5) is 11.4. The maximum atomic E-state index is 11.4. The highest BCUT2D eigenvalue weighted by Gasteiger charge is 2.16. The zero-order chi connectivity index (χ0) is 11.6. The average molecular weight is 248 g/mol. The molecule has 1 rings (SSSR count). The summed E-state index contributed by atoms with van der Waals surface area (Å²) < 4.78 is 5.16. The smallest absolute Gasteiger partial charge is 0.315 e. The molecular weight excluding hydrogens is 228 g/mol. The number of ether oxygens (including phenoxy) is 1. The Morgan fingerprint density at radius 1 is 1.50 bits per heavy atom. The van der Waals surface area contributed by atoms with Gasteiger partial charge in [-0.25, -0.2) is 4.79 Å². The molecule has 6 heteroatoms. The summed E-state index contributed by atoms with van der Waals surface area (Å²) in [7, 11) is 0. The van der Waals surface area contributed by atoms with Gasteiger partial charge in [0.1, 0.15) is 0 Å². The van der Waals surface area contributed by atoms with Crippen molar-refractivity contribution in [2.24, 2.45) is 0 Å². The number of amides is 2. The number of nitrogens with one attached hydrogen (secondary N) is 2. The van der Waals surface area contributed by atoms with Crippen LogP contribution in [0, 0.1) is 0 Å². The van der Waals surface area contributed by atoms with Gasteiger partial charge in [-0.15, -0.1) is 0 Å². The molecule has 1 unspecified atom stereocenters. The number of aliphatic hydroxyl groups is 1. The van der Waals surface area contributed by atoms with Crippen molar-refractivity contribution in [2.75, 3.05) is 37.9 Å². The molecular formula is C10H20N2O3S. The standard InChI is InChI=1S/C10H20N2O3S/c13-4-1-6-16-7-3-11-10(14)12-9-2-5-15-8-9/h9,13H,1-8H2,(H2,11,12,14). The molecule has 0 saturated carbocycles. The number of carbonyl (C=O) groups is 1. The Hall–Kier alpha value is -0.460. The monoisotopic (exact) mass is 248 g/mol. The Labute approximate surface area is 100 Å². The fourth-order valence-electron chi connectivity index (χ4n) is 1.39. The molecule has 3 N–H and O–H groups in total. The van der Waals surface area contributed by atoms with Crippen molar-refractivity contribution in [3.8, 4) is 0 Å². The first-order valence-electron chi connectivity index (χ1n) is 5.63. The number of carbonyl (C=O) groups excluding carboxylic acids is 1. The van der Waals surface area contributed by atoms with E-state index in [2.05, 4.69) is 10.6 Å². The van der Waals surface area contributed by atoms with Crippen LogP contribution in [-0.4, -0.2) is 55.1 Å². The highest BCUT2D eigenvalue weighted by molar-refractivity contribution is 7.99. The van der Waals surface area contributed by atoms with E-state index in [1.807, 2.05) is 0 Å². The molecule has 0 radical (unpaired) electrons. The summed E-state index contributed by atoms with van der Waals surface area (Å²) in [5, 5.41) is 14.2. The zero-order valence-electron chi connectivity index (χ0n) is 9.41. The van der Waals surface area contributed by atoms with Gasteiger partial charge in [-0.1, -0.05) is 0 Å². The van der Waals surface area contributed by atoms with Gasteiger partial charge in [-0.05, 0) is 18.6 Å². The van der Waals surface area contributed by atoms with Gasteiger partial charge in [-0.3, -0.25) is 0 Å². The molecule has 0 aromatic rings. The van der Waals surface area contributed by atoms with Gasteiger partial charge >= 0.3 is 6.03 Å². The quantitative estimate of drug-likeness (QED) is 0.563. The second kappa shape index (κ2) is 8.66. The van der Waals surface area contributed by atoms with Gasteiger partial charge < -0.3 is 20.5 Å². The van der Waals surface area contributed by atoms with Crippen LogP contribution in [0.25, 0.3) is 0 Å². The van der Waals surface area contributed by atoms with Gasteiger partial charge in [0.05, 0.1) is 12.6 Å². The number of hydrogen-bond donors (Lipinski definition) is 3. The van der Waals surface area contributed by atoms with Crippen LogP contribution in [0.3, 0.4) is 0 Å². The second-order valence-electron chi connectivity index (χ2n) is 3.65. The van der Waals surface area contributed by atoms with Crippen LogP contribution in [-0.2, 0) is 4.74 Å². The Morgan fingerprint density at radius 3 is 3.06 bits per heavy atom. The molecule has 1 aliphatic heterocycles. The predicted octanol–water partition coefficient (Wildman–Crippen LogP) is 0.190. The van der Waals surface area contributed by atoms with Crippen LogP contribution in [0.5, 0.6) is 0 Å². The number of rotatable bonds is 7. The summed E-state index contributed by atoms with van der Waals surface area (Å²) >= 11 is 1.74. The van der Waals surface area contributed by atoms with Crippen LogP contribution in [0.2, 0.25) is 0 Å². The average Bonchev–Trinajstić information content (AvgIpc) is 2.76. The van der Waals surface area contributed by atoms with E-state index in [-0.39, 0.29) is 18.7 Å². The lowest BCUT2D eigenvalue weighted by molar-refractivity contribution is 0.188. The third kappa shape index (κ3) is 6.19. The predicted molar refractivity (Wildman–Crippen MR) is 64.8 cm³/mol. The summed E-state index contributed by atoms with van der Waals surface area (Å²) in [6.45, 7) is 2.26. The fraction of sp³-hybridized carbons (Fsp3) is 0.900. The van der Waals surface area contributed by atoms with Crippen molar-refractivity contribution in [1.29, 1.82) is 0 Å². The minimum atomic E-state index is -0.113. The fourth-order valence-corrected chi connectivity index (χ4v) is 2.17. The number of thioether (sulfide) groups is 1. The first-order chi connectivity index (χ1) is 7.83. The van der Waals surface area contributed by atoms with Gasteiger partial charge in [0.25, 0.3) is 0 Å². The van der Waals surface area contributed by atoms with E-state index in [0.29, 0.717) is 13.2 Å². The lowest BCUT2D eigenvalue weighted by Crippen LogP contribution is -2.43. The first kappa shape index (κ1) is 13.6. The van der Waals surface area contributed by atoms with Crippen molar-refractivity contribution in [3.63, 3.8) is 0 Å². The molecule has 1 saturated heterocycles. The summed E-state index contributed by atoms with van der Waals surface area (Å²) in [5.41, 5.74) is 0. The van der Waals surface area contributed by atoms with E-state index in [0.717, 1.165) is 31.0 Å². The Bertz CT molecular complexity index is 199. The topological polar surface area (TPSA) is 70.6 Å². The molecule has 5 nitrogen and oxygen atoms in total. The molecule has 1 aliphatic rings. The van der Waals surface area contributed by atoms with Crippen LogP contribution in [0.4, 0.5) is 4.79 Å². The SMILES string of the molecule is O=C(NCCSCCCO)NC1CCOC1. The molecule has 1 heterocycles. The van der Waals surface area contributed by atoms with Crippen molar-refractivity contribution in [2.45, 2.75) is 18.9 Å². The summed E-state index contributed by atoms with van der Waals surface area (Å²) in [6, 6.07) is 0.0558. The Balaban J connectivity index is 1.89. The number of aliphatic hydroxyl groups excluding tert-OH is 1. The van der Waals surface area contributed by atoms with E-state index >= 15 is 0 Å². The summed E-state index contributed by atoms with van der Waals surface area (Å²) in [5.74, 6) is 1.82. The molecule has 0 bridgehead atoms. The molecule has 16 heavy (non-hydrogen) atoms. The Kier molecular flexibility index (Phi) is 7.37. The third-order valence-corrected chi connectivity index (χ3v) is 3.31. The van der Waals surface area contributed by atoms with Gasteiger partial charge in [0.15, 0.2) is 0 Å². The van der Waals surface area contributed by atoms with E-state index in [1.165, 1.54) is 0 Å². The molecule has 1 fully saturated rings. The second-order valence-corrected chi connectivity index (χ2v) is 4.88. The van der Waals surface area contributed by atoms with Crippen LogP contribution >= 0.6 is 11.8 Å². The molecule has 94 valence electrons.